The molecule has 3 aromatic rings. The van der Waals surface area contributed by atoms with Crippen LogP contribution in [0.25, 0.3) is 0 Å². The highest BCUT2D eigenvalue weighted by atomic mass is 35.5. The summed E-state index contributed by atoms with van der Waals surface area (Å²) in [5.74, 6) is -2.35. The maximum atomic E-state index is 12.9. The third kappa shape index (κ3) is 12.8. The third-order valence-corrected chi connectivity index (χ3v) is 11.2. The Morgan fingerprint density at radius 2 is 1.31 bits per heavy atom. The number of carbonyl (C=O) groups is 5. The number of halogens is 1. The Balaban J connectivity index is 1.33. The van der Waals surface area contributed by atoms with Crippen LogP contribution in [0.1, 0.15) is 57.6 Å². The van der Waals surface area contributed by atoms with Crippen molar-refractivity contribution in [1.29, 1.82) is 0 Å². The summed E-state index contributed by atoms with van der Waals surface area (Å²) in [6, 6.07) is 23.9. The molecule has 6 rings (SSSR count). The molecular weight excluding hydrogens is 850 g/mol. The molecule has 334 valence electrons. The number of thioether (sulfide) groups is 1. The van der Waals surface area contributed by atoms with Crippen LogP contribution in [-0.4, -0.2) is 109 Å². The highest BCUT2D eigenvalue weighted by Crippen LogP contribution is 2.40. The lowest BCUT2D eigenvalue weighted by Crippen LogP contribution is -2.67. The van der Waals surface area contributed by atoms with Gasteiger partial charge >= 0.3 is 23.9 Å². The highest BCUT2D eigenvalue weighted by Gasteiger charge is 2.58. The van der Waals surface area contributed by atoms with Crippen molar-refractivity contribution in [2.24, 2.45) is 0 Å². The number of carbonyl (C=O) groups excluding carboxylic acids is 5. The number of aryl methyl sites for hydroxylation is 1. The van der Waals surface area contributed by atoms with Crippen LogP contribution in [0.2, 0.25) is 5.02 Å². The molecule has 0 bridgehead atoms. The highest BCUT2D eigenvalue weighted by molar-refractivity contribution is 7.99. The predicted molar refractivity (Wildman–Crippen MR) is 222 cm³/mol. The maximum Gasteiger partial charge on any atom is 0.303 e. The van der Waals surface area contributed by atoms with Crippen LogP contribution in [0, 0.1) is 0 Å². The van der Waals surface area contributed by atoms with Crippen LogP contribution in [0.4, 0.5) is 5.69 Å². The number of anilines is 1. The lowest BCUT2D eigenvalue weighted by Gasteiger charge is -2.50. The topological polar surface area (TPSA) is 190 Å². The summed E-state index contributed by atoms with van der Waals surface area (Å²) in [7, 11) is 0. The van der Waals surface area contributed by atoms with E-state index in [1.165, 1.54) is 46.4 Å². The van der Waals surface area contributed by atoms with Gasteiger partial charge in [-0.1, -0.05) is 78.3 Å². The summed E-state index contributed by atoms with van der Waals surface area (Å²) >= 11 is 7.83. The fourth-order valence-electron chi connectivity index (χ4n) is 7.35. The second kappa shape index (κ2) is 22.2. The van der Waals surface area contributed by atoms with Gasteiger partial charge in [-0.05, 0) is 35.4 Å². The van der Waals surface area contributed by atoms with E-state index in [0.717, 1.165) is 12.0 Å². The number of rotatable bonds is 16. The Hall–Kier alpha value is -4.59. The molecule has 3 heterocycles. The van der Waals surface area contributed by atoms with Gasteiger partial charge in [0.1, 0.15) is 18.3 Å². The number of benzene rings is 3. The van der Waals surface area contributed by atoms with Crippen molar-refractivity contribution in [1.82, 2.24) is 0 Å². The van der Waals surface area contributed by atoms with E-state index in [1.54, 1.807) is 18.2 Å². The molecule has 0 aromatic heterocycles. The van der Waals surface area contributed by atoms with Crippen molar-refractivity contribution in [3.8, 4) is 0 Å². The number of amides is 1. The molecule has 1 unspecified atom stereocenters. The lowest BCUT2D eigenvalue weighted by molar-refractivity contribution is -0.384. The van der Waals surface area contributed by atoms with Crippen LogP contribution in [0.3, 0.4) is 0 Å². The number of hydrogen-bond donors (Lipinski definition) is 1. The average Bonchev–Trinajstić information content (AvgIpc) is 3.22. The van der Waals surface area contributed by atoms with Crippen LogP contribution in [-0.2, 0) is 84.4 Å². The SMILES string of the molecule is CC(=O)Nc1cc(CO[C@@H]2O[C@H](CSCCc3ccccc3)[C@@H](O[C@H]3O[C@@H]4COC(c5ccccc5)O[C@H]4[C@H](OC(C)=O)[C@H]3OC(C)=O)[C@H](OC(C)=O)[C@H]2OC(C)=O)ccc1Cl. The van der Waals surface area contributed by atoms with Gasteiger partial charge in [-0.25, -0.2) is 0 Å². The molecule has 3 aromatic carbocycles. The molecule has 1 amide bonds. The quantitative estimate of drug-likeness (QED) is 0.108. The first-order chi connectivity index (χ1) is 29.7. The van der Waals surface area contributed by atoms with Gasteiger partial charge in [0.25, 0.3) is 0 Å². The minimum atomic E-state index is -1.50. The van der Waals surface area contributed by atoms with E-state index in [4.69, 9.17) is 59.0 Å². The molecule has 18 heteroatoms. The molecule has 0 aliphatic carbocycles. The van der Waals surface area contributed by atoms with Gasteiger partial charge in [0.2, 0.25) is 5.91 Å². The van der Waals surface area contributed by atoms with E-state index in [-0.39, 0.29) is 24.9 Å². The summed E-state index contributed by atoms with van der Waals surface area (Å²) in [5, 5.41) is 2.98. The van der Waals surface area contributed by atoms with E-state index in [2.05, 4.69) is 5.32 Å². The monoisotopic (exact) mass is 899 g/mol. The number of esters is 4. The standard InChI is InChI=1S/C44H50ClNO15S/c1-24(47)46-33-20-30(16-17-32(33)45)21-52-43-40(56-27(4)50)39(55-26(3)49)37(35(59-43)23-62-19-18-29-12-8-6-9-13-29)61-44-41(57-28(5)51)38(54-25(2)48)36-34(58-44)22-53-42(60-36)31-14-10-7-11-15-31/h6-17,20,34-44H,18-19,21-23H2,1-5H3,(H,46,47)/t34-,35-,36-,37-,38+,39+,40-,41-,42?,43-,44-/m1/s1. The maximum absolute atomic E-state index is 12.9. The predicted octanol–water partition coefficient (Wildman–Crippen LogP) is 5.47. The van der Waals surface area contributed by atoms with Crippen LogP contribution < -0.4 is 5.32 Å². The molecule has 0 saturated carbocycles. The zero-order chi connectivity index (χ0) is 44.3. The Morgan fingerprint density at radius 3 is 1.95 bits per heavy atom. The average molecular weight is 900 g/mol. The second-order valence-electron chi connectivity index (χ2n) is 14.8. The Labute approximate surface area is 368 Å². The summed E-state index contributed by atoms with van der Waals surface area (Å²) in [4.78, 5) is 62.9. The van der Waals surface area contributed by atoms with Crippen molar-refractivity contribution in [3.05, 3.63) is 101 Å². The zero-order valence-corrected chi connectivity index (χ0v) is 36.4. The minimum absolute atomic E-state index is 0.0394. The van der Waals surface area contributed by atoms with Gasteiger partial charge in [-0.15, -0.1) is 0 Å². The summed E-state index contributed by atoms with van der Waals surface area (Å²) in [6.07, 6.45) is -12.5. The van der Waals surface area contributed by atoms with Crippen molar-refractivity contribution >= 4 is 58.8 Å². The van der Waals surface area contributed by atoms with Gasteiger partial charge in [-0.2, -0.15) is 11.8 Å². The van der Waals surface area contributed by atoms with Crippen LogP contribution in [0.5, 0.6) is 0 Å². The molecule has 3 aliphatic heterocycles. The zero-order valence-electron chi connectivity index (χ0n) is 34.8. The molecule has 11 atom stereocenters. The van der Waals surface area contributed by atoms with Crippen molar-refractivity contribution < 1.29 is 71.3 Å². The Morgan fingerprint density at radius 1 is 0.694 bits per heavy atom. The van der Waals surface area contributed by atoms with Crippen molar-refractivity contribution in [2.75, 3.05) is 23.4 Å². The number of hydrogen-bond acceptors (Lipinski definition) is 16. The molecule has 3 saturated heterocycles. The van der Waals surface area contributed by atoms with E-state index >= 15 is 0 Å². The van der Waals surface area contributed by atoms with Gasteiger partial charge < -0.3 is 52.7 Å². The molecule has 0 spiro atoms. The number of fused-ring (bicyclic) bond motifs is 1. The largest absolute Gasteiger partial charge is 0.455 e. The second-order valence-corrected chi connectivity index (χ2v) is 16.3. The lowest BCUT2D eigenvalue weighted by atomic mass is 9.95. The van der Waals surface area contributed by atoms with E-state index < -0.39 is 91.6 Å². The van der Waals surface area contributed by atoms with E-state index in [1.807, 2.05) is 60.7 Å². The first kappa shape index (κ1) is 46.9. The first-order valence-corrected chi connectivity index (χ1v) is 21.6. The smallest absolute Gasteiger partial charge is 0.303 e. The molecular formula is C44H50ClNO15S. The number of ether oxygens (including phenoxy) is 10. The fourth-order valence-corrected chi connectivity index (χ4v) is 8.56. The molecule has 3 aliphatic rings. The Kier molecular flexibility index (Phi) is 16.8. The van der Waals surface area contributed by atoms with Gasteiger partial charge in [-0.3, -0.25) is 24.0 Å². The molecule has 62 heavy (non-hydrogen) atoms. The Bertz CT molecular complexity index is 2010. The summed E-state index contributed by atoms with van der Waals surface area (Å²) < 4.78 is 61.8. The fraction of sp³-hybridized carbons (Fsp3) is 0.477. The summed E-state index contributed by atoms with van der Waals surface area (Å²) in [5.41, 5.74) is 2.75. The minimum Gasteiger partial charge on any atom is -0.455 e. The first-order valence-electron chi connectivity index (χ1n) is 20.0. The third-order valence-electron chi connectivity index (χ3n) is 9.86. The normalized spacial score (nSPS) is 28.1. The van der Waals surface area contributed by atoms with Crippen LogP contribution >= 0.6 is 23.4 Å². The summed E-state index contributed by atoms with van der Waals surface area (Å²) in [6.45, 7) is 5.96. The molecule has 3 fully saturated rings. The van der Waals surface area contributed by atoms with Crippen molar-refractivity contribution in [2.45, 2.75) is 115 Å². The van der Waals surface area contributed by atoms with Crippen molar-refractivity contribution in [3.63, 3.8) is 0 Å². The van der Waals surface area contributed by atoms with Gasteiger partial charge in [0.05, 0.1) is 30.0 Å². The van der Waals surface area contributed by atoms with E-state index in [0.29, 0.717) is 27.6 Å². The van der Waals surface area contributed by atoms with E-state index in [9.17, 15) is 24.0 Å². The molecule has 16 nitrogen and oxygen atoms in total. The van der Waals surface area contributed by atoms with Gasteiger partial charge in [0, 0.05) is 45.9 Å². The van der Waals surface area contributed by atoms with Gasteiger partial charge in [0.15, 0.2) is 43.3 Å². The molecule has 1 N–H and O–H groups in total. The number of nitrogens with one attached hydrogen (secondary N) is 1. The molecule has 0 radical (unpaired) electrons. The van der Waals surface area contributed by atoms with Crippen LogP contribution in [0.15, 0.2) is 78.9 Å².